The highest BCUT2D eigenvalue weighted by Crippen LogP contribution is 2.37. The molecule has 7 heteroatoms. The van der Waals surface area contributed by atoms with Crippen molar-refractivity contribution in [3.63, 3.8) is 0 Å². The first-order valence-electron chi connectivity index (χ1n) is 14.1. The van der Waals surface area contributed by atoms with E-state index in [0.717, 1.165) is 77.4 Å². The number of para-hydroxylation sites is 2. The summed E-state index contributed by atoms with van der Waals surface area (Å²) < 4.78 is 4.30. The second kappa shape index (κ2) is 12.4. The Hall–Kier alpha value is -4.49. The number of fused-ring (bicyclic) bond motifs is 2. The van der Waals surface area contributed by atoms with E-state index in [-0.39, 0.29) is 11.9 Å². The molecule has 0 bridgehead atoms. The molecule has 1 aliphatic heterocycles. The first-order valence-corrected chi connectivity index (χ1v) is 14.1. The van der Waals surface area contributed by atoms with Crippen LogP contribution in [0.5, 0.6) is 0 Å². The Morgan fingerprint density at radius 2 is 1.68 bits per heavy atom. The average molecular weight is 548 g/mol. The number of hydrogen-bond donors (Lipinski definition) is 1. The summed E-state index contributed by atoms with van der Waals surface area (Å²) in [5.41, 5.74) is 5.40. The molecule has 5 rings (SSSR count). The number of rotatable bonds is 9. The van der Waals surface area contributed by atoms with Gasteiger partial charge in [-0.3, -0.25) is 19.5 Å². The van der Waals surface area contributed by atoms with Gasteiger partial charge in [0.05, 0.1) is 11.3 Å². The Morgan fingerprint density at radius 1 is 1.02 bits per heavy atom. The number of nitrogens with one attached hydrogen (secondary N) is 1. The highest BCUT2D eigenvalue weighted by Gasteiger charge is 2.27. The van der Waals surface area contributed by atoms with Crippen molar-refractivity contribution < 1.29 is 9.59 Å². The molecule has 2 aromatic heterocycles. The molecular weight excluding hydrogens is 510 g/mol. The summed E-state index contributed by atoms with van der Waals surface area (Å²) in [5.74, 6) is -0.281. The number of nitrogens with zero attached hydrogens (tertiary/aromatic N) is 4. The molecule has 0 aliphatic carbocycles. The maximum Gasteiger partial charge on any atom is 0.252 e. The van der Waals surface area contributed by atoms with Gasteiger partial charge in [-0.25, -0.2) is 0 Å². The van der Waals surface area contributed by atoms with Gasteiger partial charge in [0.15, 0.2) is 6.29 Å². The SMILES string of the molecule is C=CC=N/C(=C\C)CN1CCC(n2cc(/C(C(=O)NC)=C(/C=O)c3cn(C)c4ccccc34)c3ccccc32)CC1. The fourth-order valence-corrected chi connectivity index (χ4v) is 5.97. The van der Waals surface area contributed by atoms with Gasteiger partial charge < -0.3 is 14.5 Å². The molecule has 7 nitrogen and oxygen atoms in total. The number of aliphatic imine (C=N–C) groups is 1. The highest BCUT2D eigenvalue weighted by molar-refractivity contribution is 6.38. The lowest BCUT2D eigenvalue weighted by Crippen LogP contribution is -2.35. The Balaban J connectivity index is 1.56. The van der Waals surface area contributed by atoms with Crippen molar-refractivity contribution in [2.45, 2.75) is 25.8 Å². The summed E-state index contributed by atoms with van der Waals surface area (Å²) in [4.78, 5) is 33.2. The first kappa shape index (κ1) is 28.1. The molecule has 0 unspecified atom stereocenters. The van der Waals surface area contributed by atoms with Gasteiger partial charge in [-0.2, -0.15) is 0 Å². The minimum atomic E-state index is -0.281. The van der Waals surface area contributed by atoms with Crippen LogP contribution in [0.15, 0.2) is 90.3 Å². The number of benzene rings is 2. The molecule has 0 radical (unpaired) electrons. The number of carbonyl (C=O) groups is 2. The molecule has 0 spiro atoms. The van der Waals surface area contributed by atoms with Crippen LogP contribution in [0.2, 0.25) is 0 Å². The first-order chi connectivity index (χ1) is 20.0. The maximum atomic E-state index is 13.5. The lowest BCUT2D eigenvalue weighted by Gasteiger charge is -2.33. The van der Waals surface area contributed by atoms with E-state index in [1.807, 2.05) is 73.3 Å². The third-order valence-electron chi connectivity index (χ3n) is 8.05. The molecule has 2 aromatic carbocycles. The van der Waals surface area contributed by atoms with Crippen molar-refractivity contribution in [3.8, 4) is 0 Å². The van der Waals surface area contributed by atoms with Gasteiger partial charge in [-0.1, -0.05) is 55.1 Å². The average Bonchev–Trinajstić information content (AvgIpc) is 3.56. The second-order valence-corrected chi connectivity index (χ2v) is 10.4. The van der Waals surface area contributed by atoms with Gasteiger partial charge in [0.25, 0.3) is 5.91 Å². The van der Waals surface area contributed by atoms with Crippen LogP contribution in [0, 0.1) is 0 Å². The van der Waals surface area contributed by atoms with Crippen LogP contribution in [0.4, 0.5) is 0 Å². The van der Waals surface area contributed by atoms with E-state index in [0.29, 0.717) is 11.1 Å². The van der Waals surface area contributed by atoms with E-state index in [2.05, 4.69) is 38.6 Å². The maximum absolute atomic E-state index is 13.5. The van der Waals surface area contributed by atoms with E-state index < -0.39 is 0 Å². The van der Waals surface area contributed by atoms with E-state index >= 15 is 0 Å². The van der Waals surface area contributed by atoms with Gasteiger partial charge in [-0.05, 0) is 31.9 Å². The molecule has 1 aliphatic rings. The van der Waals surface area contributed by atoms with Gasteiger partial charge in [-0.15, -0.1) is 0 Å². The van der Waals surface area contributed by atoms with Crippen molar-refractivity contribution in [2.75, 3.05) is 26.7 Å². The zero-order valence-corrected chi connectivity index (χ0v) is 24.0. The topological polar surface area (TPSA) is 71.6 Å². The summed E-state index contributed by atoms with van der Waals surface area (Å²) in [6.45, 7) is 8.43. The molecule has 3 heterocycles. The van der Waals surface area contributed by atoms with Gasteiger partial charge >= 0.3 is 0 Å². The third kappa shape index (κ3) is 5.45. The summed E-state index contributed by atoms with van der Waals surface area (Å²) in [7, 11) is 3.57. The van der Waals surface area contributed by atoms with E-state index in [1.165, 1.54) is 0 Å². The molecule has 1 N–H and O–H groups in total. The zero-order valence-electron chi connectivity index (χ0n) is 24.0. The summed E-state index contributed by atoms with van der Waals surface area (Å²) >= 11 is 0. The molecule has 0 saturated carbocycles. The number of allylic oxidation sites excluding steroid dienone is 3. The van der Waals surface area contributed by atoms with Crippen molar-refractivity contribution >= 4 is 51.4 Å². The normalized spacial score (nSPS) is 15.9. The number of piperidine rings is 1. The fraction of sp³-hybridized carbons (Fsp3) is 0.265. The molecule has 210 valence electrons. The summed E-state index contributed by atoms with van der Waals surface area (Å²) in [6.07, 6.45) is 12.3. The highest BCUT2D eigenvalue weighted by atomic mass is 16.1. The smallest absolute Gasteiger partial charge is 0.252 e. The largest absolute Gasteiger partial charge is 0.355 e. The van der Waals surface area contributed by atoms with Crippen LogP contribution in [0.25, 0.3) is 33.0 Å². The predicted molar refractivity (Wildman–Crippen MR) is 169 cm³/mol. The van der Waals surface area contributed by atoms with E-state index in [4.69, 9.17) is 0 Å². The van der Waals surface area contributed by atoms with Crippen LogP contribution in [0.1, 0.15) is 36.9 Å². The lowest BCUT2D eigenvalue weighted by molar-refractivity contribution is -0.115. The number of aryl methyl sites for hydroxylation is 1. The predicted octanol–water partition coefficient (Wildman–Crippen LogP) is 5.79. The Bertz CT molecular complexity index is 1690. The Labute approximate surface area is 241 Å². The summed E-state index contributed by atoms with van der Waals surface area (Å²) in [5, 5.41) is 4.70. The standard InChI is InChI=1S/C34H37N5O2/c1-5-17-36-24(6-2)20-38-18-15-25(16-19-38)39-22-29(27-12-8-10-14-32(27)39)33(34(41)35-3)30(23-40)28-21-37(4)31-13-9-7-11-26(28)31/h5-14,17,21-23,25H,1,15-16,18-20H2,2-4H3,(H,35,41)/b24-6-,33-30+,36-17?. The summed E-state index contributed by atoms with van der Waals surface area (Å²) in [6, 6.07) is 16.4. The van der Waals surface area contributed by atoms with Crippen LogP contribution < -0.4 is 5.32 Å². The minimum absolute atomic E-state index is 0.277. The number of hydrogen-bond acceptors (Lipinski definition) is 4. The molecule has 41 heavy (non-hydrogen) atoms. The van der Waals surface area contributed by atoms with Crippen molar-refractivity contribution in [3.05, 3.63) is 96.5 Å². The molecule has 1 amide bonds. The number of aldehydes is 1. The monoisotopic (exact) mass is 547 g/mol. The molecular formula is C34H37N5O2. The molecule has 0 atom stereocenters. The Morgan fingerprint density at radius 3 is 2.32 bits per heavy atom. The quantitative estimate of drug-likeness (QED) is 0.164. The molecule has 4 aromatic rings. The number of amides is 1. The zero-order chi connectivity index (χ0) is 28.9. The van der Waals surface area contributed by atoms with Crippen molar-refractivity contribution in [1.29, 1.82) is 0 Å². The molecule has 1 saturated heterocycles. The molecule has 1 fully saturated rings. The van der Waals surface area contributed by atoms with Crippen LogP contribution in [-0.2, 0) is 16.6 Å². The Kier molecular flexibility index (Phi) is 8.45. The van der Waals surface area contributed by atoms with Gasteiger partial charge in [0, 0.05) is 96.9 Å². The van der Waals surface area contributed by atoms with Crippen LogP contribution in [0.3, 0.4) is 0 Å². The van der Waals surface area contributed by atoms with Crippen LogP contribution in [-0.4, -0.2) is 59.1 Å². The second-order valence-electron chi connectivity index (χ2n) is 10.4. The van der Waals surface area contributed by atoms with Crippen LogP contribution >= 0.6 is 0 Å². The lowest BCUT2D eigenvalue weighted by atomic mass is 9.94. The van der Waals surface area contributed by atoms with Crippen molar-refractivity contribution in [2.24, 2.45) is 12.0 Å². The number of likely N-dealkylation sites (N-methyl/N-ethyl adjacent to an activating group) is 1. The third-order valence-corrected chi connectivity index (χ3v) is 8.05. The van der Waals surface area contributed by atoms with Gasteiger partial charge in [0.1, 0.15) is 0 Å². The fourth-order valence-electron chi connectivity index (χ4n) is 5.97. The van der Waals surface area contributed by atoms with Gasteiger partial charge in [0.2, 0.25) is 0 Å². The van der Waals surface area contributed by atoms with Crippen molar-refractivity contribution in [1.82, 2.24) is 19.4 Å². The number of carbonyl (C=O) groups excluding carboxylic acids is 2. The van der Waals surface area contributed by atoms with E-state index in [1.54, 1.807) is 19.3 Å². The minimum Gasteiger partial charge on any atom is -0.355 e. The number of aromatic nitrogens is 2. The van der Waals surface area contributed by atoms with E-state index in [9.17, 15) is 9.59 Å². The number of likely N-dealkylation sites (tertiary alicyclic amines) is 1.